The second-order valence-electron chi connectivity index (χ2n) is 7.02. The summed E-state index contributed by atoms with van der Waals surface area (Å²) in [4.78, 5) is 35.4. The average molecular weight is 442 g/mol. The van der Waals surface area contributed by atoms with Gasteiger partial charge in [0.05, 0.1) is 16.2 Å². The van der Waals surface area contributed by atoms with Crippen LogP contribution < -0.4 is 5.32 Å². The molecule has 0 spiro atoms. The fraction of sp³-hybridized carbons (Fsp3) is 0.368. The normalized spacial score (nSPS) is 15.9. The molecule has 1 unspecified atom stereocenters. The van der Waals surface area contributed by atoms with E-state index in [4.69, 9.17) is 4.74 Å². The van der Waals surface area contributed by atoms with Crippen molar-refractivity contribution in [2.45, 2.75) is 32.4 Å². The molecular formula is C19H17F3N2O5S. The zero-order valence-electron chi connectivity index (χ0n) is 15.7. The first-order chi connectivity index (χ1) is 14.0. The quantitative estimate of drug-likeness (QED) is 0.415. The van der Waals surface area contributed by atoms with Crippen LogP contribution in [0.25, 0.3) is 0 Å². The van der Waals surface area contributed by atoms with Gasteiger partial charge in [-0.05, 0) is 42.9 Å². The number of hydrogen-bond acceptors (Lipinski definition) is 6. The molecule has 1 atom stereocenters. The number of carbonyl (C=O) groups excluding carboxylic acids is 2. The SMILES string of the molecule is CC1CCc2sc(C(=O)OCC(=O)Nc3ccc([N+](=O)[O-])cc3C(F)(F)F)cc2C1. The van der Waals surface area contributed by atoms with Crippen molar-refractivity contribution in [2.75, 3.05) is 11.9 Å². The lowest BCUT2D eigenvalue weighted by molar-refractivity contribution is -0.385. The molecule has 0 bridgehead atoms. The zero-order chi connectivity index (χ0) is 22.1. The number of thiophene rings is 1. The number of esters is 1. The number of benzene rings is 1. The van der Waals surface area contributed by atoms with E-state index in [1.165, 1.54) is 11.3 Å². The molecule has 1 heterocycles. The second-order valence-corrected chi connectivity index (χ2v) is 8.15. The molecule has 2 aromatic rings. The highest BCUT2D eigenvalue weighted by atomic mass is 32.1. The minimum atomic E-state index is -4.92. The molecule has 160 valence electrons. The molecule has 3 rings (SSSR count). The first kappa shape index (κ1) is 21.8. The van der Waals surface area contributed by atoms with E-state index in [9.17, 15) is 32.9 Å². The molecule has 1 N–H and O–H groups in total. The number of halogens is 3. The summed E-state index contributed by atoms with van der Waals surface area (Å²) in [5.74, 6) is -1.19. The van der Waals surface area contributed by atoms with Crippen LogP contribution in [-0.4, -0.2) is 23.4 Å². The predicted octanol–water partition coefficient (Wildman–Crippen LogP) is 4.60. The average Bonchev–Trinajstić information content (AvgIpc) is 3.08. The monoisotopic (exact) mass is 442 g/mol. The molecule has 0 saturated heterocycles. The van der Waals surface area contributed by atoms with Gasteiger partial charge in [-0.3, -0.25) is 14.9 Å². The molecule has 11 heteroatoms. The first-order valence-electron chi connectivity index (χ1n) is 8.98. The van der Waals surface area contributed by atoms with Crippen LogP contribution >= 0.6 is 11.3 Å². The Balaban J connectivity index is 1.65. The third-order valence-corrected chi connectivity index (χ3v) is 5.88. The van der Waals surface area contributed by atoms with Crippen LogP contribution in [0.2, 0.25) is 0 Å². The van der Waals surface area contributed by atoms with Crippen LogP contribution in [0, 0.1) is 16.0 Å². The van der Waals surface area contributed by atoms with Crippen LogP contribution in [0.5, 0.6) is 0 Å². The molecule has 1 amide bonds. The summed E-state index contributed by atoms with van der Waals surface area (Å²) < 4.78 is 44.4. The Hall–Kier alpha value is -2.95. The van der Waals surface area contributed by atoms with E-state index in [0.717, 1.165) is 41.8 Å². The van der Waals surface area contributed by atoms with Crippen molar-refractivity contribution in [1.82, 2.24) is 0 Å². The lowest BCUT2D eigenvalue weighted by Gasteiger charge is -2.16. The molecule has 1 aliphatic rings. The highest BCUT2D eigenvalue weighted by Crippen LogP contribution is 2.37. The minimum Gasteiger partial charge on any atom is -0.451 e. The van der Waals surface area contributed by atoms with Gasteiger partial charge in [-0.25, -0.2) is 4.79 Å². The van der Waals surface area contributed by atoms with Crippen molar-refractivity contribution in [2.24, 2.45) is 5.92 Å². The molecule has 1 aliphatic carbocycles. The molecular weight excluding hydrogens is 425 g/mol. The van der Waals surface area contributed by atoms with Crippen molar-refractivity contribution in [3.63, 3.8) is 0 Å². The van der Waals surface area contributed by atoms with Gasteiger partial charge in [0.25, 0.3) is 11.6 Å². The number of nitro benzene ring substituents is 1. The molecule has 0 fully saturated rings. The number of ether oxygens (including phenoxy) is 1. The van der Waals surface area contributed by atoms with Crippen molar-refractivity contribution >= 4 is 34.6 Å². The number of anilines is 1. The van der Waals surface area contributed by atoms with Gasteiger partial charge >= 0.3 is 12.1 Å². The summed E-state index contributed by atoms with van der Waals surface area (Å²) in [5.41, 5.74) is -1.70. The van der Waals surface area contributed by atoms with E-state index in [-0.39, 0.29) is 0 Å². The van der Waals surface area contributed by atoms with Crippen LogP contribution in [0.15, 0.2) is 24.3 Å². The van der Waals surface area contributed by atoms with E-state index in [0.29, 0.717) is 16.9 Å². The van der Waals surface area contributed by atoms with E-state index in [2.05, 4.69) is 6.92 Å². The Kier molecular flexibility index (Phi) is 6.11. The molecule has 30 heavy (non-hydrogen) atoms. The van der Waals surface area contributed by atoms with E-state index < -0.39 is 46.5 Å². The third kappa shape index (κ3) is 4.96. The van der Waals surface area contributed by atoms with Gasteiger partial charge in [-0.1, -0.05) is 6.92 Å². The van der Waals surface area contributed by atoms with Crippen LogP contribution in [0.4, 0.5) is 24.5 Å². The second kappa shape index (κ2) is 8.42. The van der Waals surface area contributed by atoms with Gasteiger partial charge < -0.3 is 10.1 Å². The molecule has 0 radical (unpaired) electrons. The summed E-state index contributed by atoms with van der Waals surface area (Å²) >= 11 is 1.29. The van der Waals surface area contributed by atoms with Gasteiger partial charge in [0.2, 0.25) is 0 Å². The predicted molar refractivity (Wildman–Crippen MR) is 103 cm³/mol. The van der Waals surface area contributed by atoms with Gasteiger partial charge in [-0.2, -0.15) is 13.2 Å². The molecule has 0 saturated carbocycles. The zero-order valence-corrected chi connectivity index (χ0v) is 16.6. The maximum Gasteiger partial charge on any atom is 0.418 e. The molecule has 1 aromatic heterocycles. The van der Waals surface area contributed by atoms with Gasteiger partial charge in [-0.15, -0.1) is 11.3 Å². The molecule has 0 aliphatic heterocycles. The van der Waals surface area contributed by atoms with Crippen molar-refractivity contribution < 1.29 is 32.4 Å². The number of nitrogens with one attached hydrogen (secondary N) is 1. The smallest absolute Gasteiger partial charge is 0.418 e. The standard InChI is InChI=1S/C19H17F3N2O5S/c1-10-2-5-15-11(6-10)7-16(30-15)18(26)29-9-17(25)23-14-4-3-12(24(27)28)8-13(14)19(20,21)22/h3-4,7-8,10H,2,5-6,9H2,1H3,(H,23,25). The number of nitrogens with zero attached hydrogens (tertiary/aromatic N) is 1. The van der Waals surface area contributed by atoms with Crippen LogP contribution in [-0.2, 0) is 28.5 Å². The highest BCUT2D eigenvalue weighted by molar-refractivity contribution is 7.14. The van der Waals surface area contributed by atoms with E-state index >= 15 is 0 Å². The topological polar surface area (TPSA) is 98.5 Å². The molecule has 7 nitrogen and oxygen atoms in total. The fourth-order valence-electron chi connectivity index (χ4n) is 3.18. The van der Waals surface area contributed by atoms with Crippen molar-refractivity contribution in [3.8, 4) is 0 Å². The van der Waals surface area contributed by atoms with Gasteiger partial charge in [0.1, 0.15) is 4.88 Å². The first-order valence-corrected chi connectivity index (χ1v) is 9.80. The lowest BCUT2D eigenvalue weighted by Crippen LogP contribution is -2.22. The Bertz CT molecular complexity index is 1000. The van der Waals surface area contributed by atoms with Gasteiger partial charge in [0, 0.05) is 17.0 Å². The molecule has 1 aromatic carbocycles. The number of carbonyl (C=O) groups is 2. The number of nitro groups is 1. The fourth-order valence-corrected chi connectivity index (χ4v) is 4.29. The summed E-state index contributed by atoms with van der Waals surface area (Å²) in [6.07, 6.45) is -2.16. The third-order valence-electron chi connectivity index (χ3n) is 4.66. The highest BCUT2D eigenvalue weighted by Gasteiger charge is 2.35. The maximum atomic E-state index is 13.2. The van der Waals surface area contributed by atoms with Crippen LogP contribution in [0.3, 0.4) is 0 Å². The lowest BCUT2D eigenvalue weighted by atomic mass is 9.90. The Morgan fingerprint density at radius 2 is 2.07 bits per heavy atom. The maximum absolute atomic E-state index is 13.2. The number of alkyl halides is 3. The van der Waals surface area contributed by atoms with Crippen molar-refractivity contribution in [3.05, 3.63) is 55.3 Å². The number of aryl methyl sites for hydroxylation is 1. The van der Waals surface area contributed by atoms with E-state index in [1.54, 1.807) is 6.07 Å². The largest absolute Gasteiger partial charge is 0.451 e. The Morgan fingerprint density at radius 1 is 1.33 bits per heavy atom. The van der Waals surface area contributed by atoms with Crippen LogP contribution in [0.1, 0.15) is 39.0 Å². The van der Waals surface area contributed by atoms with Crippen molar-refractivity contribution in [1.29, 1.82) is 0 Å². The number of rotatable bonds is 5. The summed E-state index contributed by atoms with van der Waals surface area (Å²) in [5, 5.41) is 12.7. The Labute approximate surface area is 173 Å². The summed E-state index contributed by atoms with van der Waals surface area (Å²) in [7, 11) is 0. The summed E-state index contributed by atoms with van der Waals surface area (Å²) in [6.45, 7) is 1.34. The van der Waals surface area contributed by atoms with E-state index in [1.807, 2.05) is 5.32 Å². The Morgan fingerprint density at radius 3 is 2.73 bits per heavy atom. The number of fused-ring (bicyclic) bond motifs is 1. The van der Waals surface area contributed by atoms with Gasteiger partial charge in [0.15, 0.2) is 6.61 Å². The number of non-ortho nitro benzene ring substituents is 1. The number of amides is 1. The minimum absolute atomic E-state index is 0.332. The summed E-state index contributed by atoms with van der Waals surface area (Å²) in [6, 6.07) is 3.69. The number of hydrogen-bond donors (Lipinski definition) is 1.